The minimum Gasteiger partial charge on any atom is -0.485 e. The minimum absolute atomic E-state index is 0. The van der Waals surface area contributed by atoms with Crippen molar-refractivity contribution in [2.24, 2.45) is 5.92 Å². The van der Waals surface area contributed by atoms with E-state index >= 15 is 0 Å². The molecule has 0 amide bonds. The Bertz CT molecular complexity index is 478. The van der Waals surface area contributed by atoms with Gasteiger partial charge in [-0.1, -0.05) is 30.2 Å². The Morgan fingerprint density at radius 2 is 2.15 bits per heavy atom. The number of para-hydroxylation sites is 1. The molecule has 0 saturated heterocycles. The highest BCUT2D eigenvalue weighted by atomic mass is 35.5. The average molecular weight is 316 g/mol. The zero-order valence-corrected chi connectivity index (χ0v) is 13.8. The van der Waals surface area contributed by atoms with Crippen molar-refractivity contribution in [3.8, 4) is 5.75 Å². The summed E-state index contributed by atoms with van der Waals surface area (Å²) in [4.78, 5) is 2.28. The van der Waals surface area contributed by atoms with Crippen molar-refractivity contribution in [3.63, 3.8) is 0 Å². The van der Waals surface area contributed by atoms with Crippen molar-refractivity contribution in [2.45, 2.75) is 37.7 Å². The summed E-state index contributed by atoms with van der Waals surface area (Å²) in [5.41, 5.74) is 1.29. The second kappa shape index (κ2) is 6.13. The second-order valence-electron chi connectivity index (χ2n) is 6.28. The third kappa shape index (κ3) is 2.79. The van der Waals surface area contributed by atoms with Crippen LogP contribution in [-0.4, -0.2) is 31.1 Å². The maximum atomic E-state index is 6.42. The lowest BCUT2D eigenvalue weighted by atomic mass is 9.73. The van der Waals surface area contributed by atoms with Crippen LogP contribution >= 0.6 is 24.0 Å². The molecule has 0 N–H and O–H groups in total. The fraction of sp³-hybridized carbons (Fsp3) is 0.625. The monoisotopic (exact) mass is 315 g/mol. The summed E-state index contributed by atoms with van der Waals surface area (Å²) in [6, 6.07) is 6.13. The van der Waals surface area contributed by atoms with Crippen molar-refractivity contribution in [1.29, 1.82) is 0 Å². The summed E-state index contributed by atoms with van der Waals surface area (Å²) < 4.78 is 6.42. The molecule has 1 aromatic carbocycles. The Balaban J connectivity index is 0.00000147. The third-order valence-corrected chi connectivity index (χ3v) is 4.87. The summed E-state index contributed by atoms with van der Waals surface area (Å²) in [6.45, 7) is 1.10. The van der Waals surface area contributed by atoms with Gasteiger partial charge < -0.3 is 9.64 Å². The first kappa shape index (κ1) is 15.9. The molecule has 2 aliphatic rings. The predicted octanol–water partition coefficient (Wildman–Crippen LogP) is 4.19. The molecule has 1 aliphatic carbocycles. The SMILES string of the molecule is CN(C)C[C@H]1CCCC[C@]12Cc1cccc(Cl)c1O2.Cl. The summed E-state index contributed by atoms with van der Waals surface area (Å²) in [5, 5.41) is 0.767. The predicted molar refractivity (Wildman–Crippen MR) is 86.3 cm³/mol. The number of halogens is 2. The van der Waals surface area contributed by atoms with E-state index < -0.39 is 0 Å². The molecule has 0 bridgehead atoms. The van der Waals surface area contributed by atoms with Gasteiger partial charge in [-0.05, 0) is 45.0 Å². The van der Waals surface area contributed by atoms with Gasteiger partial charge in [0.25, 0.3) is 0 Å². The quantitative estimate of drug-likeness (QED) is 0.811. The van der Waals surface area contributed by atoms with Crippen LogP contribution in [0.2, 0.25) is 5.02 Å². The van der Waals surface area contributed by atoms with Crippen LogP contribution in [0.4, 0.5) is 0 Å². The first-order chi connectivity index (χ1) is 9.11. The van der Waals surface area contributed by atoms with Crippen LogP contribution in [0.15, 0.2) is 18.2 Å². The minimum atomic E-state index is -0.00412. The van der Waals surface area contributed by atoms with Crippen LogP contribution in [0.1, 0.15) is 31.2 Å². The van der Waals surface area contributed by atoms with E-state index in [0.717, 1.165) is 30.2 Å². The lowest BCUT2D eigenvalue weighted by molar-refractivity contribution is -0.0149. The molecule has 1 aliphatic heterocycles. The zero-order chi connectivity index (χ0) is 13.5. The van der Waals surface area contributed by atoms with Crippen LogP contribution in [-0.2, 0) is 6.42 Å². The topological polar surface area (TPSA) is 12.5 Å². The number of nitrogens with zero attached hydrogens (tertiary/aromatic N) is 1. The Kier molecular flexibility index (Phi) is 4.88. The van der Waals surface area contributed by atoms with E-state index in [1.807, 2.05) is 12.1 Å². The van der Waals surface area contributed by atoms with Crippen LogP contribution in [0, 0.1) is 5.92 Å². The Hall–Kier alpha value is -0.440. The standard InChI is InChI=1S/C16H22ClNO.ClH/c1-18(2)11-13-7-3-4-9-16(13)10-12-6-5-8-14(17)15(12)19-16;/h5-6,8,13H,3-4,7,9-11H2,1-2H3;1H/t13-,16+;/m1./s1. The van der Waals surface area contributed by atoms with Gasteiger partial charge in [0.05, 0.1) is 5.02 Å². The van der Waals surface area contributed by atoms with Crippen molar-refractivity contribution >= 4 is 24.0 Å². The zero-order valence-electron chi connectivity index (χ0n) is 12.2. The average Bonchev–Trinajstić information content (AvgIpc) is 2.73. The fourth-order valence-electron chi connectivity index (χ4n) is 3.72. The van der Waals surface area contributed by atoms with Crippen molar-refractivity contribution < 1.29 is 4.74 Å². The molecule has 0 radical (unpaired) electrons. The van der Waals surface area contributed by atoms with Gasteiger partial charge in [0.15, 0.2) is 0 Å². The number of benzene rings is 1. The molecule has 4 heteroatoms. The Morgan fingerprint density at radius 1 is 1.35 bits per heavy atom. The van der Waals surface area contributed by atoms with E-state index in [1.165, 1.54) is 24.8 Å². The van der Waals surface area contributed by atoms with Gasteiger partial charge in [0.2, 0.25) is 0 Å². The van der Waals surface area contributed by atoms with Gasteiger partial charge in [-0.15, -0.1) is 12.4 Å². The molecule has 0 aromatic heterocycles. The highest BCUT2D eigenvalue weighted by Gasteiger charge is 2.47. The van der Waals surface area contributed by atoms with E-state index in [9.17, 15) is 0 Å². The molecule has 1 spiro atoms. The van der Waals surface area contributed by atoms with Gasteiger partial charge in [-0.2, -0.15) is 0 Å². The summed E-state index contributed by atoms with van der Waals surface area (Å²) >= 11 is 6.29. The highest BCUT2D eigenvalue weighted by molar-refractivity contribution is 6.32. The van der Waals surface area contributed by atoms with Crippen molar-refractivity contribution in [2.75, 3.05) is 20.6 Å². The summed E-state index contributed by atoms with van der Waals surface area (Å²) in [6.07, 6.45) is 6.06. The van der Waals surface area contributed by atoms with Crippen LogP contribution in [0.25, 0.3) is 0 Å². The smallest absolute Gasteiger partial charge is 0.142 e. The number of fused-ring (bicyclic) bond motifs is 1. The molecular weight excluding hydrogens is 293 g/mol. The second-order valence-corrected chi connectivity index (χ2v) is 6.68. The molecule has 20 heavy (non-hydrogen) atoms. The maximum absolute atomic E-state index is 6.42. The van der Waals surface area contributed by atoms with E-state index in [2.05, 4.69) is 25.1 Å². The molecule has 3 rings (SSSR count). The molecule has 2 nitrogen and oxygen atoms in total. The van der Waals surface area contributed by atoms with Crippen LogP contribution in [0.3, 0.4) is 0 Å². The maximum Gasteiger partial charge on any atom is 0.142 e. The highest BCUT2D eigenvalue weighted by Crippen LogP contribution is 2.48. The largest absolute Gasteiger partial charge is 0.485 e. The normalized spacial score (nSPS) is 28.1. The van der Waals surface area contributed by atoms with Crippen LogP contribution in [0.5, 0.6) is 5.75 Å². The van der Waals surface area contributed by atoms with E-state index in [4.69, 9.17) is 16.3 Å². The molecule has 1 heterocycles. The van der Waals surface area contributed by atoms with E-state index in [0.29, 0.717) is 5.92 Å². The fourth-order valence-corrected chi connectivity index (χ4v) is 3.95. The Labute approximate surface area is 132 Å². The molecule has 112 valence electrons. The lowest BCUT2D eigenvalue weighted by Gasteiger charge is -2.42. The lowest BCUT2D eigenvalue weighted by Crippen LogP contribution is -2.48. The Morgan fingerprint density at radius 3 is 2.85 bits per heavy atom. The summed E-state index contributed by atoms with van der Waals surface area (Å²) in [7, 11) is 4.30. The van der Waals surface area contributed by atoms with Gasteiger partial charge in [0.1, 0.15) is 11.4 Å². The van der Waals surface area contributed by atoms with Gasteiger partial charge in [-0.3, -0.25) is 0 Å². The molecule has 1 saturated carbocycles. The van der Waals surface area contributed by atoms with E-state index in [1.54, 1.807) is 0 Å². The van der Waals surface area contributed by atoms with Crippen molar-refractivity contribution in [3.05, 3.63) is 28.8 Å². The number of hydrogen-bond acceptors (Lipinski definition) is 2. The molecule has 1 aromatic rings. The van der Waals surface area contributed by atoms with Gasteiger partial charge >= 0.3 is 0 Å². The molecular formula is C16H23Cl2NO. The number of ether oxygens (including phenoxy) is 1. The summed E-state index contributed by atoms with van der Waals surface area (Å²) in [5.74, 6) is 1.55. The number of hydrogen-bond donors (Lipinski definition) is 0. The van der Waals surface area contributed by atoms with E-state index in [-0.39, 0.29) is 18.0 Å². The first-order valence-electron chi connectivity index (χ1n) is 7.22. The van der Waals surface area contributed by atoms with Crippen LogP contribution < -0.4 is 4.74 Å². The van der Waals surface area contributed by atoms with Gasteiger partial charge in [-0.25, -0.2) is 0 Å². The third-order valence-electron chi connectivity index (χ3n) is 4.58. The molecule has 0 unspecified atom stereocenters. The molecule has 1 fully saturated rings. The number of rotatable bonds is 2. The van der Waals surface area contributed by atoms with Gasteiger partial charge in [0, 0.05) is 18.9 Å². The first-order valence-corrected chi connectivity index (χ1v) is 7.60. The molecule has 2 atom stereocenters. The van der Waals surface area contributed by atoms with Crippen molar-refractivity contribution in [1.82, 2.24) is 4.90 Å².